The van der Waals surface area contributed by atoms with Crippen LogP contribution in [0.4, 0.5) is 5.69 Å². The number of methoxy groups -OCH3 is 1. The summed E-state index contributed by atoms with van der Waals surface area (Å²) in [5, 5.41) is 0. The summed E-state index contributed by atoms with van der Waals surface area (Å²) in [5.41, 5.74) is 3.39. The Kier molecular flexibility index (Phi) is 4.35. The van der Waals surface area contributed by atoms with Crippen molar-refractivity contribution < 1.29 is 9.53 Å². The van der Waals surface area contributed by atoms with Gasteiger partial charge in [0.25, 0.3) is 5.91 Å². The summed E-state index contributed by atoms with van der Waals surface area (Å²) in [6.07, 6.45) is 5.07. The van der Waals surface area contributed by atoms with E-state index in [1.54, 1.807) is 24.4 Å². The zero-order chi connectivity index (χ0) is 17.9. The lowest BCUT2D eigenvalue weighted by molar-refractivity contribution is 0.0983. The van der Waals surface area contributed by atoms with Gasteiger partial charge in [-0.15, -0.1) is 0 Å². The normalized spacial score (nSPS) is 13.2. The molecule has 2 aromatic carbocycles. The zero-order valence-electron chi connectivity index (χ0n) is 14.6. The molecule has 0 bridgehead atoms. The van der Waals surface area contributed by atoms with Gasteiger partial charge in [0.15, 0.2) is 5.82 Å². The van der Waals surface area contributed by atoms with E-state index in [1.807, 2.05) is 48.5 Å². The standard InChI is InChI=1S/C21H19N3O2/c1-26-18-11-5-9-15-10-6-12-24(19(15)18)21(25)17-13-22-20(23-14-17)16-7-3-2-4-8-16/h2-5,7-9,11,13-14H,6,10,12H2,1H3. The van der Waals surface area contributed by atoms with Crippen LogP contribution in [0.25, 0.3) is 11.4 Å². The van der Waals surface area contributed by atoms with E-state index in [0.29, 0.717) is 17.9 Å². The quantitative estimate of drug-likeness (QED) is 0.725. The van der Waals surface area contributed by atoms with Crippen molar-refractivity contribution >= 4 is 11.6 Å². The first-order chi connectivity index (χ1) is 12.8. The lowest BCUT2D eigenvalue weighted by Crippen LogP contribution is -2.36. The number of benzene rings is 2. The molecular weight excluding hydrogens is 326 g/mol. The van der Waals surface area contributed by atoms with Crippen LogP contribution in [0.15, 0.2) is 60.9 Å². The predicted octanol–water partition coefficient (Wildman–Crippen LogP) is 3.75. The van der Waals surface area contributed by atoms with Crippen molar-refractivity contribution in [3.05, 3.63) is 72.1 Å². The van der Waals surface area contributed by atoms with E-state index in [0.717, 1.165) is 35.4 Å². The Morgan fingerprint density at radius 1 is 1.04 bits per heavy atom. The number of amides is 1. The molecule has 26 heavy (non-hydrogen) atoms. The van der Waals surface area contributed by atoms with Crippen molar-refractivity contribution in [3.8, 4) is 17.1 Å². The number of carbonyl (C=O) groups excluding carboxylic acids is 1. The Morgan fingerprint density at radius 2 is 1.81 bits per heavy atom. The lowest BCUT2D eigenvalue weighted by Gasteiger charge is -2.30. The van der Waals surface area contributed by atoms with Crippen molar-refractivity contribution in [1.82, 2.24) is 9.97 Å². The van der Waals surface area contributed by atoms with Gasteiger partial charge >= 0.3 is 0 Å². The van der Waals surface area contributed by atoms with Crippen LogP contribution >= 0.6 is 0 Å². The summed E-state index contributed by atoms with van der Waals surface area (Å²) in [6, 6.07) is 15.6. The van der Waals surface area contributed by atoms with Crippen molar-refractivity contribution in [2.24, 2.45) is 0 Å². The van der Waals surface area contributed by atoms with E-state index >= 15 is 0 Å². The van der Waals surface area contributed by atoms with Gasteiger partial charge in [-0.3, -0.25) is 4.79 Å². The van der Waals surface area contributed by atoms with E-state index in [4.69, 9.17) is 4.74 Å². The van der Waals surface area contributed by atoms with Crippen LogP contribution in [0.1, 0.15) is 22.3 Å². The first-order valence-electron chi connectivity index (χ1n) is 8.63. The third-order valence-electron chi connectivity index (χ3n) is 4.58. The molecule has 130 valence electrons. The fourth-order valence-electron chi connectivity index (χ4n) is 3.31. The highest BCUT2D eigenvalue weighted by molar-refractivity contribution is 6.07. The fourth-order valence-corrected chi connectivity index (χ4v) is 3.31. The summed E-state index contributed by atoms with van der Waals surface area (Å²) in [6.45, 7) is 0.659. The van der Waals surface area contributed by atoms with E-state index in [9.17, 15) is 4.79 Å². The maximum Gasteiger partial charge on any atom is 0.261 e. The molecule has 5 heteroatoms. The molecule has 0 N–H and O–H groups in total. The van der Waals surface area contributed by atoms with Crippen LogP contribution in [-0.2, 0) is 6.42 Å². The molecule has 1 aliphatic rings. The van der Waals surface area contributed by atoms with Gasteiger partial charge in [0, 0.05) is 24.5 Å². The number of nitrogens with zero attached hydrogens (tertiary/aromatic N) is 3. The molecule has 0 radical (unpaired) electrons. The van der Waals surface area contributed by atoms with Gasteiger partial charge in [-0.25, -0.2) is 9.97 Å². The van der Waals surface area contributed by atoms with Crippen molar-refractivity contribution in [3.63, 3.8) is 0 Å². The van der Waals surface area contributed by atoms with Crippen molar-refractivity contribution in [2.75, 3.05) is 18.6 Å². The highest BCUT2D eigenvalue weighted by Crippen LogP contribution is 2.36. The maximum atomic E-state index is 13.1. The van der Waals surface area contributed by atoms with Crippen LogP contribution in [0.3, 0.4) is 0 Å². The topological polar surface area (TPSA) is 55.3 Å². The van der Waals surface area contributed by atoms with Crippen LogP contribution < -0.4 is 9.64 Å². The van der Waals surface area contributed by atoms with Gasteiger partial charge < -0.3 is 9.64 Å². The third kappa shape index (κ3) is 2.92. The van der Waals surface area contributed by atoms with Gasteiger partial charge in [-0.1, -0.05) is 42.5 Å². The Labute approximate surface area is 152 Å². The van der Waals surface area contributed by atoms with Gasteiger partial charge in [0.1, 0.15) is 5.75 Å². The van der Waals surface area contributed by atoms with E-state index in [-0.39, 0.29) is 5.91 Å². The molecule has 4 rings (SSSR count). The molecule has 0 atom stereocenters. The first-order valence-corrected chi connectivity index (χ1v) is 8.63. The molecule has 0 spiro atoms. The number of hydrogen-bond donors (Lipinski definition) is 0. The summed E-state index contributed by atoms with van der Waals surface area (Å²) >= 11 is 0. The molecule has 1 amide bonds. The highest BCUT2D eigenvalue weighted by Gasteiger charge is 2.27. The van der Waals surface area contributed by atoms with Gasteiger partial charge in [0.2, 0.25) is 0 Å². The summed E-state index contributed by atoms with van der Waals surface area (Å²) in [4.78, 5) is 23.6. The molecular formula is C21H19N3O2. The van der Waals surface area contributed by atoms with Crippen molar-refractivity contribution in [1.29, 1.82) is 0 Å². The van der Waals surface area contributed by atoms with Crippen LogP contribution in [0.5, 0.6) is 5.75 Å². The second-order valence-corrected chi connectivity index (χ2v) is 6.19. The molecule has 5 nitrogen and oxygen atoms in total. The molecule has 2 heterocycles. The minimum absolute atomic E-state index is 0.102. The van der Waals surface area contributed by atoms with Crippen LogP contribution in [0, 0.1) is 0 Å². The molecule has 0 unspecified atom stereocenters. The Balaban J connectivity index is 1.65. The average molecular weight is 345 g/mol. The number of anilines is 1. The second kappa shape index (κ2) is 6.96. The second-order valence-electron chi connectivity index (χ2n) is 6.19. The van der Waals surface area contributed by atoms with Crippen LogP contribution in [0.2, 0.25) is 0 Å². The minimum atomic E-state index is -0.102. The minimum Gasteiger partial charge on any atom is -0.495 e. The molecule has 0 saturated heterocycles. The molecule has 1 aliphatic heterocycles. The van der Waals surface area contributed by atoms with E-state index in [1.165, 1.54) is 0 Å². The molecule has 1 aromatic heterocycles. The molecule has 0 saturated carbocycles. The highest BCUT2D eigenvalue weighted by atomic mass is 16.5. The smallest absolute Gasteiger partial charge is 0.261 e. The number of hydrogen-bond acceptors (Lipinski definition) is 4. The third-order valence-corrected chi connectivity index (χ3v) is 4.58. The number of ether oxygens (including phenoxy) is 1. The van der Waals surface area contributed by atoms with Crippen LogP contribution in [-0.4, -0.2) is 29.5 Å². The number of para-hydroxylation sites is 1. The number of rotatable bonds is 3. The summed E-state index contributed by atoms with van der Waals surface area (Å²) < 4.78 is 5.48. The number of carbonyl (C=O) groups is 1. The SMILES string of the molecule is COc1cccc2c1N(C(=O)c1cnc(-c3ccccc3)nc1)CCC2. The molecule has 0 aliphatic carbocycles. The largest absolute Gasteiger partial charge is 0.495 e. The summed E-state index contributed by atoms with van der Waals surface area (Å²) in [5.74, 6) is 1.23. The molecule has 3 aromatic rings. The van der Waals surface area contributed by atoms with E-state index in [2.05, 4.69) is 9.97 Å². The molecule has 0 fully saturated rings. The average Bonchev–Trinajstić information content (AvgIpc) is 2.73. The maximum absolute atomic E-state index is 13.1. The lowest BCUT2D eigenvalue weighted by atomic mass is 10.0. The van der Waals surface area contributed by atoms with Crippen molar-refractivity contribution in [2.45, 2.75) is 12.8 Å². The Morgan fingerprint density at radius 3 is 2.54 bits per heavy atom. The fraction of sp³-hybridized carbons (Fsp3) is 0.190. The first kappa shape index (κ1) is 16.3. The predicted molar refractivity (Wildman–Crippen MR) is 100 cm³/mol. The van der Waals surface area contributed by atoms with Gasteiger partial charge in [-0.2, -0.15) is 0 Å². The monoisotopic (exact) mass is 345 g/mol. The number of fused-ring (bicyclic) bond motifs is 1. The summed E-state index contributed by atoms with van der Waals surface area (Å²) in [7, 11) is 1.63. The Hall–Kier alpha value is -3.21. The van der Waals surface area contributed by atoms with E-state index < -0.39 is 0 Å². The van der Waals surface area contributed by atoms with Gasteiger partial charge in [-0.05, 0) is 24.5 Å². The Bertz CT molecular complexity index is 909. The number of aryl methyl sites for hydroxylation is 1. The number of aromatic nitrogens is 2. The zero-order valence-corrected chi connectivity index (χ0v) is 14.6. The van der Waals surface area contributed by atoms with Gasteiger partial charge in [0.05, 0.1) is 18.4 Å².